The van der Waals surface area contributed by atoms with Crippen molar-refractivity contribution in [2.24, 2.45) is 21.7 Å². The fourth-order valence-electron chi connectivity index (χ4n) is 2.58. The summed E-state index contributed by atoms with van der Waals surface area (Å²) in [6.45, 7) is 4.70. The van der Waals surface area contributed by atoms with Crippen LogP contribution >= 0.6 is 0 Å². The van der Waals surface area contributed by atoms with Gasteiger partial charge in [0.1, 0.15) is 0 Å². The highest BCUT2D eigenvalue weighted by molar-refractivity contribution is 7.89. The van der Waals surface area contributed by atoms with Gasteiger partial charge in [0.25, 0.3) is 0 Å². The molecule has 4 nitrogen and oxygen atoms in total. The topological polar surface area (TPSA) is 86.2 Å². The molecule has 1 atom stereocenters. The Labute approximate surface area is 86.1 Å². The van der Waals surface area contributed by atoms with Gasteiger partial charge < -0.3 is 5.73 Å². The van der Waals surface area contributed by atoms with Crippen molar-refractivity contribution < 1.29 is 8.42 Å². The van der Waals surface area contributed by atoms with Crippen LogP contribution in [0.2, 0.25) is 0 Å². The van der Waals surface area contributed by atoms with Crippen molar-refractivity contribution >= 4 is 10.0 Å². The molecular formula is C9H20N2O2S. The minimum absolute atomic E-state index is 0.0277. The maximum Gasteiger partial charge on any atom is 0.209 e. The molecule has 84 valence electrons. The van der Waals surface area contributed by atoms with Crippen LogP contribution in [0.25, 0.3) is 0 Å². The first-order valence-corrected chi connectivity index (χ1v) is 6.60. The molecule has 0 bridgehead atoms. The minimum atomic E-state index is -3.41. The lowest BCUT2D eigenvalue weighted by Gasteiger charge is -2.28. The van der Waals surface area contributed by atoms with Crippen molar-refractivity contribution in [3.63, 3.8) is 0 Å². The molecule has 1 aliphatic carbocycles. The van der Waals surface area contributed by atoms with Gasteiger partial charge in [-0.3, -0.25) is 0 Å². The van der Waals surface area contributed by atoms with Crippen molar-refractivity contribution in [3.05, 3.63) is 0 Å². The van der Waals surface area contributed by atoms with E-state index >= 15 is 0 Å². The molecule has 0 saturated heterocycles. The van der Waals surface area contributed by atoms with Gasteiger partial charge in [0.05, 0.1) is 5.75 Å². The van der Waals surface area contributed by atoms with Gasteiger partial charge in [0.15, 0.2) is 0 Å². The first-order valence-electron chi connectivity index (χ1n) is 4.89. The molecule has 0 aromatic heterocycles. The quantitative estimate of drug-likeness (QED) is 0.723. The van der Waals surface area contributed by atoms with Crippen LogP contribution in [0.15, 0.2) is 0 Å². The number of primary sulfonamides is 1. The van der Waals surface area contributed by atoms with Gasteiger partial charge in [-0.1, -0.05) is 13.8 Å². The third-order valence-electron chi connectivity index (χ3n) is 3.13. The summed E-state index contributed by atoms with van der Waals surface area (Å²) in [6, 6.07) is 0. The Morgan fingerprint density at radius 3 is 2.14 bits per heavy atom. The van der Waals surface area contributed by atoms with E-state index in [-0.39, 0.29) is 16.6 Å². The summed E-state index contributed by atoms with van der Waals surface area (Å²) >= 11 is 0. The molecule has 0 amide bonds. The van der Waals surface area contributed by atoms with Gasteiger partial charge in [-0.05, 0) is 36.6 Å². The number of rotatable bonds is 3. The highest BCUT2D eigenvalue weighted by Gasteiger charge is 2.44. The molecule has 14 heavy (non-hydrogen) atoms. The van der Waals surface area contributed by atoms with Crippen LogP contribution in [-0.2, 0) is 10.0 Å². The lowest BCUT2D eigenvalue weighted by atomic mass is 9.83. The smallest absolute Gasteiger partial charge is 0.209 e. The van der Waals surface area contributed by atoms with Crippen molar-refractivity contribution in [3.8, 4) is 0 Å². The second kappa shape index (κ2) is 3.47. The first kappa shape index (κ1) is 11.9. The zero-order valence-electron chi connectivity index (χ0n) is 8.91. The highest BCUT2D eigenvalue weighted by atomic mass is 32.2. The highest BCUT2D eigenvalue weighted by Crippen LogP contribution is 2.48. The van der Waals surface area contributed by atoms with Gasteiger partial charge >= 0.3 is 0 Å². The van der Waals surface area contributed by atoms with Crippen LogP contribution < -0.4 is 10.9 Å². The van der Waals surface area contributed by atoms with E-state index in [0.717, 1.165) is 19.3 Å². The van der Waals surface area contributed by atoms with E-state index < -0.39 is 10.0 Å². The number of hydrogen-bond acceptors (Lipinski definition) is 3. The molecular weight excluding hydrogens is 200 g/mol. The lowest BCUT2D eigenvalue weighted by molar-refractivity contribution is 0.289. The van der Waals surface area contributed by atoms with E-state index in [0.29, 0.717) is 6.54 Å². The summed E-state index contributed by atoms with van der Waals surface area (Å²) in [5.74, 6) is 0.0277. The maximum absolute atomic E-state index is 11.1. The van der Waals surface area contributed by atoms with Gasteiger partial charge in [-0.15, -0.1) is 0 Å². The molecule has 1 aliphatic rings. The molecule has 1 unspecified atom stereocenters. The zero-order valence-corrected chi connectivity index (χ0v) is 9.73. The number of sulfonamides is 1. The van der Waals surface area contributed by atoms with Crippen molar-refractivity contribution in [2.75, 3.05) is 12.3 Å². The van der Waals surface area contributed by atoms with Gasteiger partial charge in [0, 0.05) is 0 Å². The largest absolute Gasteiger partial charge is 0.330 e. The Balaban J connectivity index is 2.81. The molecule has 0 aromatic rings. The van der Waals surface area contributed by atoms with Crippen LogP contribution in [0, 0.1) is 10.8 Å². The molecule has 4 N–H and O–H groups in total. The molecule has 1 saturated carbocycles. The molecule has 1 fully saturated rings. The maximum atomic E-state index is 11.1. The number of hydrogen-bond donors (Lipinski definition) is 2. The summed E-state index contributed by atoms with van der Waals surface area (Å²) in [4.78, 5) is 0. The van der Waals surface area contributed by atoms with Gasteiger partial charge in [0.2, 0.25) is 10.0 Å². The van der Waals surface area contributed by atoms with Crippen LogP contribution in [0.1, 0.15) is 33.1 Å². The molecule has 0 aliphatic heterocycles. The summed E-state index contributed by atoms with van der Waals surface area (Å²) in [5.41, 5.74) is 5.59. The summed E-state index contributed by atoms with van der Waals surface area (Å²) < 4.78 is 22.2. The second-order valence-corrected chi connectivity index (χ2v) is 6.97. The first-order chi connectivity index (χ1) is 6.18. The lowest BCUT2D eigenvalue weighted by Crippen LogP contribution is -2.38. The summed E-state index contributed by atoms with van der Waals surface area (Å²) in [6.07, 6.45) is 2.75. The summed E-state index contributed by atoms with van der Waals surface area (Å²) in [5, 5.41) is 5.08. The Kier molecular flexibility index (Phi) is 2.96. The van der Waals surface area contributed by atoms with Crippen molar-refractivity contribution in [1.29, 1.82) is 0 Å². The Hall–Kier alpha value is -0.130. The molecule has 0 aromatic carbocycles. The average Bonchev–Trinajstić information content (AvgIpc) is 2.24. The Morgan fingerprint density at radius 1 is 1.29 bits per heavy atom. The zero-order chi connectivity index (χ0) is 11.0. The predicted octanol–water partition coefficient (Wildman–Crippen LogP) is 0.430. The molecule has 1 rings (SSSR count). The van der Waals surface area contributed by atoms with E-state index in [1.54, 1.807) is 0 Å². The van der Waals surface area contributed by atoms with Crippen LogP contribution in [0.5, 0.6) is 0 Å². The van der Waals surface area contributed by atoms with Crippen LogP contribution in [-0.4, -0.2) is 20.7 Å². The second-order valence-electron chi connectivity index (χ2n) is 5.35. The SMILES string of the molecule is CC1(C)CCC(CN)(CS(N)(=O)=O)C1. The van der Waals surface area contributed by atoms with Crippen LogP contribution in [0.4, 0.5) is 0 Å². The molecule has 0 spiro atoms. The van der Waals surface area contributed by atoms with Gasteiger partial charge in [-0.25, -0.2) is 13.6 Å². The van der Waals surface area contributed by atoms with E-state index in [9.17, 15) is 8.42 Å². The third kappa shape index (κ3) is 2.93. The van der Waals surface area contributed by atoms with Crippen LogP contribution in [0.3, 0.4) is 0 Å². The minimum Gasteiger partial charge on any atom is -0.330 e. The Bertz CT molecular complexity index is 311. The van der Waals surface area contributed by atoms with E-state index in [2.05, 4.69) is 13.8 Å². The van der Waals surface area contributed by atoms with E-state index in [1.165, 1.54) is 0 Å². The monoisotopic (exact) mass is 220 g/mol. The van der Waals surface area contributed by atoms with Crippen molar-refractivity contribution in [1.82, 2.24) is 0 Å². The normalized spacial score (nSPS) is 32.0. The fourth-order valence-corrected chi connectivity index (χ4v) is 3.80. The molecule has 0 radical (unpaired) electrons. The molecule has 0 heterocycles. The Morgan fingerprint density at radius 2 is 1.86 bits per heavy atom. The molecule has 5 heteroatoms. The van der Waals surface area contributed by atoms with Crippen molar-refractivity contribution in [2.45, 2.75) is 33.1 Å². The average molecular weight is 220 g/mol. The predicted molar refractivity (Wildman–Crippen MR) is 57.1 cm³/mol. The standard InChI is InChI=1S/C9H20N2O2S/c1-8(2)3-4-9(5-8,6-10)7-14(11,12)13/h3-7,10H2,1-2H3,(H2,11,12,13). The summed E-state index contributed by atoms with van der Waals surface area (Å²) in [7, 11) is -3.41. The third-order valence-corrected chi connectivity index (χ3v) is 4.14. The van der Waals surface area contributed by atoms with Gasteiger partial charge in [-0.2, -0.15) is 0 Å². The fraction of sp³-hybridized carbons (Fsp3) is 1.00. The number of nitrogens with two attached hydrogens (primary N) is 2. The van der Waals surface area contributed by atoms with E-state index in [4.69, 9.17) is 10.9 Å². The van der Waals surface area contributed by atoms with E-state index in [1.807, 2.05) is 0 Å².